The fraction of sp³-hybridized carbons (Fsp3) is 0.182. The Hall–Kier alpha value is -3.10. The standard InChI is InChI=1S/C22H17ClFN5OS/c1-13-19-26-27-20(18-12-31-21(25-18)14-2-6-16(23)7-3-14)29(19)11-10-28(13)22(30)15-4-8-17(24)9-5-15/h2-9,12-13H,10-11H2,1H3. The van der Waals surface area contributed by atoms with Gasteiger partial charge in [-0.2, -0.15) is 0 Å². The first-order valence-electron chi connectivity index (χ1n) is 9.73. The van der Waals surface area contributed by atoms with Crippen molar-refractivity contribution in [2.45, 2.75) is 19.5 Å². The molecule has 1 atom stereocenters. The highest BCUT2D eigenvalue weighted by Crippen LogP contribution is 2.32. The van der Waals surface area contributed by atoms with Gasteiger partial charge in [-0.1, -0.05) is 23.7 Å². The first-order valence-corrected chi connectivity index (χ1v) is 11.0. The normalized spacial score (nSPS) is 15.7. The third kappa shape index (κ3) is 3.62. The summed E-state index contributed by atoms with van der Waals surface area (Å²) in [7, 11) is 0. The topological polar surface area (TPSA) is 63.9 Å². The predicted octanol–water partition coefficient (Wildman–Crippen LogP) is 5.08. The molecule has 0 spiro atoms. The molecule has 5 rings (SSSR count). The zero-order valence-corrected chi connectivity index (χ0v) is 18.1. The van der Waals surface area contributed by atoms with Gasteiger partial charge in [0.15, 0.2) is 11.6 Å². The van der Waals surface area contributed by atoms with Crippen molar-refractivity contribution in [2.75, 3.05) is 6.54 Å². The summed E-state index contributed by atoms with van der Waals surface area (Å²) in [5.41, 5.74) is 2.19. The van der Waals surface area contributed by atoms with E-state index < -0.39 is 0 Å². The van der Waals surface area contributed by atoms with E-state index in [0.717, 1.165) is 16.3 Å². The molecule has 0 saturated carbocycles. The summed E-state index contributed by atoms with van der Waals surface area (Å²) >= 11 is 7.51. The van der Waals surface area contributed by atoms with E-state index in [1.54, 1.807) is 4.90 Å². The average Bonchev–Trinajstić information content (AvgIpc) is 3.42. The second-order valence-corrected chi connectivity index (χ2v) is 8.55. The second-order valence-electron chi connectivity index (χ2n) is 7.26. The van der Waals surface area contributed by atoms with Crippen LogP contribution >= 0.6 is 22.9 Å². The van der Waals surface area contributed by atoms with Crippen molar-refractivity contribution >= 4 is 28.8 Å². The van der Waals surface area contributed by atoms with Crippen LogP contribution in [0.4, 0.5) is 4.39 Å². The average molecular weight is 454 g/mol. The van der Waals surface area contributed by atoms with Gasteiger partial charge in [-0.3, -0.25) is 4.79 Å². The number of aromatic nitrogens is 4. The van der Waals surface area contributed by atoms with Gasteiger partial charge in [0.1, 0.15) is 16.5 Å². The smallest absolute Gasteiger partial charge is 0.254 e. The number of hydrogen-bond acceptors (Lipinski definition) is 5. The van der Waals surface area contributed by atoms with Crippen molar-refractivity contribution in [1.82, 2.24) is 24.6 Å². The van der Waals surface area contributed by atoms with Crippen LogP contribution in [0, 0.1) is 5.82 Å². The highest BCUT2D eigenvalue weighted by Gasteiger charge is 2.32. The molecule has 3 heterocycles. The third-order valence-electron chi connectivity index (χ3n) is 5.36. The molecule has 0 saturated heterocycles. The number of carbonyl (C=O) groups excluding carboxylic acids is 1. The van der Waals surface area contributed by atoms with Crippen LogP contribution in [0.25, 0.3) is 22.1 Å². The van der Waals surface area contributed by atoms with E-state index in [1.807, 2.05) is 41.1 Å². The summed E-state index contributed by atoms with van der Waals surface area (Å²) in [6.07, 6.45) is 0. The van der Waals surface area contributed by atoms with Crippen molar-refractivity contribution in [1.29, 1.82) is 0 Å². The summed E-state index contributed by atoms with van der Waals surface area (Å²) in [4.78, 5) is 19.4. The number of rotatable bonds is 3. The molecule has 2 aromatic heterocycles. The monoisotopic (exact) mass is 453 g/mol. The maximum Gasteiger partial charge on any atom is 0.254 e. The van der Waals surface area contributed by atoms with Crippen molar-refractivity contribution in [3.8, 4) is 22.1 Å². The van der Waals surface area contributed by atoms with E-state index in [4.69, 9.17) is 16.6 Å². The number of fused-ring (bicyclic) bond motifs is 1. The number of amides is 1. The number of nitrogens with zero attached hydrogens (tertiary/aromatic N) is 5. The van der Waals surface area contributed by atoms with E-state index in [2.05, 4.69) is 10.2 Å². The molecule has 1 unspecified atom stereocenters. The summed E-state index contributed by atoms with van der Waals surface area (Å²) in [6, 6.07) is 12.9. The quantitative estimate of drug-likeness (QED) is 0.434. The molecule has 156 valence electrons. The molecule has 9 heteroatoms. The number of benzene rings is 2. The fourth-order valence-electron chi connectivity index (χ4n) is 3.71. The number of halogens is 2. The van der Waals surface area contributed by atoms with Gasteiger partial charge in [0.05, 0.1) is 6.04 Å². The molecule has 0 radical (unpaired) electrons. The summed E-state index contributed by atoms with van der Waals surface area (Å²) in [6.45, 7) is 2.98. The van der Waals surface area contributed by atoms with Gasteiger partial charge in [0.25, 0.3) is 5.91 Å². The molecule has 2 aromatic carbocycles. The van der Waals surface area contributed by atoms with Crippen LogP contribution in [0.1, 0.15) is 29.1 Å². The molecule has 31 heavy (non-hydrogen) atoms. The Morgan fingerprint density at radius 1 is 1.10 bits per heavy atom. The minimum absolute atomic E-state index is 0.151. The van der Waals surface area contributed by atoms with Crippen LogP contribution in [0.3, 0.4) is 0 Å². The van der Waals surface area contributed by atoms with Gasteiger partial charge < -0.3 is 9.47 Å². The molecule has 1 aliphatic rings. The second kappa shape index (κ2) is 7.86. The zero-order chi connectivity index (χ0) is 21.5. The Balaban J connectivity index is 1.41. The Morgan fingerprint density at radius 3 is 2.58 bits per heavy atom. The Kier molecular flexibility index (Phi) is 5.03. The Labute approximate surface area is 186 Å². The van der Waals surface area contributed by atoms with E-state index in [1.165, 1.54) is 35.6 Å². The molecule has 1 amide bonds. The van der Waals surface area contributed by atoms with Gasteiger partial charge in [0, 0.05) is 34.6 Å². The van der Waals surface area contributed by atoms with Crippen molar-refractivity contribution in [3.63, 3.8) is 0 Å². The SMILES string of the molecule is CC1c2nnc(-c3csc(-c4ccc(Cl)cc4)n3)n2CCN1C(=O)c1ccc(F)cc1. The van der Waals surface area contributed by atoms with Gasteiger partial charge in [0.2, 0.25) is 0 Å². The van der Waals surface area contributed by atoms with Gasteiger partial charge in [-0.15, -0.1) is 21.5 Å². The molecule has 0 fully saturated rings. The molecular formula is C22H17ClFN5OS. The summed E-state index contributed by atoms with van der Waals surface area (Å²) in [5.74, 6) is 0.876. The Morgan fingerprint density at radius 2 is 1.84 bits per heavy atom. The lowest BCUT2D eigenvalue weighted by molar-refractivity contribution is 0.0638. The van der Waals surface area contributed by atoms with Crippen LogP contribution in [-0.4, -0.2) is 37.1 Å². The van der Waals surface area contributed by atoms with E-state index in [-0.39, 0.29) is 17.8 Å². The minimum Gasteiger partial charge on any atom is -0.327 e. The lowest BCUT2D eigenvalue weighted by Gasteiger charge is -2.33. The van der Waals surface area contributed by atoms with Crippen LogP contribution in [-0.2, 0) is 6.54 Å². The van der Waals surface area contributed by atoms with E-state index >= 15 is 0 Å². The van der Waals surface area contributed by atoms with Crippen LogP contribution in [0.2, 0.25) is 5.02 Å². The Bertz CT molecular complexity index is 1250. The summed E-state index contributed by atoms with van der Waals surface area (Å²) < 4.78 is 15.2. The largest absolute Gasteiger partial charge is 0.327 e. The predicted molar refractivity (Wildman–Crippen MR) is 117 cm³/mol. The molecule has 1 aliphatic heterocycles. The van der Waals surface area contributed by atoms with Gasteiger partial charge in [-0.25, -0.2) is 9.37 Å². The lowest BCUT2D eigenvalue weighted by atomic mass is 10.1. The highest BCUT2D eigenvalue weighted by atomic mass is 35.5. The first-order chi connectivity index (χ1) is 15.0. The number of thiazole rings is 1. The molecule has 0 bridgehead atoms. The van der Waals surface area contributed by atoms with E-state index in [9.17, 15) is 9.18 Å². The fourth-order valence-corrected chi connectivity index (χ4v) is 4.64. The lowest BCUT2D eigenvalue weighted by Crippen LogP contribution is -2.41. The third-order valence-corrected chi connectivity index (χ3v) is 6.50. The number of hydrogen-bond donors (Lipinski definition) is 0. The molecule has 4 aromatic rings. The van der Waals surface area contributed by atoms with E-state index in [0.29, 0.717) is 35.3 Å². The van der Waals surface area contributed by atoms with Crippen LogP contribution < -0.4 is 0 Å². The van der Waals surface area contributed by atoms with Crippen molar-refractivity contribution < 1.29 is 9.18 Å². The number of carbonyl (C=O) groups is 1. The van der Waals surface area contributed by atoms with Gasteiger partial charge >= 0.3 is 0 Å². The summed E-state index contributed by atoms with van der Waals surface area (Å²) in [5, 5.41) is 12.2. The molecular weight excluding hydrogens is 437 g/mol. The maximum atomic E-state index is 13.2. The van der Waals surface area contributed by atoms with Crippen LogP contribution in [0.15, 0.2) is 53.9 Å². The first kappa shape index (κ1) is 19.8. The minimum atomic E-state index is -0.367. The van der Waals surface area contributed by atoms with Crippen molar-refractivity contribution in [3.05, 3.63) is 76.1 Å². The van der Waals surface area contributed by atoms with Crippen LogP contribution in [0.5, 0.6) is 0 Å². The zero-order valence-electron chi connectivity index (χ0n) is 16.5. The molecule has 0 N–H and O–H groups in total. The maximum absolute atomic E-state index is 13.2. The molecule has 0 aliphatic carbocycles. The highest BCUT2D eigenvalue weighted by molar-refractivity contribution is 7.13. The molecule has 6 nitrogen and oxygen atoms in total. The van der Waals surface area contributed by atoms with Crippen molar-refractivity contribution in [2.24, 2.45) is 0 Å². The van der Waals surface area contributed by atoms with Gasteiger partial charge in [-0.05, 0) is 43.3 Å².